The summed E-state index contributed by atoms with van der Waals surface area (Å²) in [6.07, 6.45) is 0. The molecule has 4 N–H and O–H groups in total. The van der Waals surface area contributed by atoms with E-state index in [0.717, 1.165) is 36.9 Å². The molecule has 3 rings (SSSR count). The second-order valence-corrected chi connectivity index (χ2v) is 8.23. The van der Waals surface area contributed by atoms with Crippen LogP contribution >= 0.6 is 11.6 Å². The van der Waals surface area contributed by atoms with E-state index in [9.17, 15) is 4.79 Å². The second kappa shape index (κ2) is 10.7. The lowest BCUT2D eigenvalue weighted by Gasteiger charge is -2.35. The highest BCUT2D eigenvalue weighted by molar-refractivity contribution is 6.30. The molecular weight excluding hydrogens is 386 g/mol. The van der Waals surface area contributed by atoms with Crippen molar-refractivity contribution in [1.82, 2.24) is 5.32 Å². The van der Waals surface area contributed by atoms with Crippen LogP contribution in [0, 0.1) is 0 Å². The Labute approximate surface area is 178 Å². The average molecular weight is 418 g/mol. The number of hydrogen-bond donors (Lipinski definition) is 3. The van der Waals surface area contributed by atoms with Gasteiger partial charge in [0.05, 0.1) is 19.3 Å². The lowest BCUT2D eigenvalue weighted by atomic mass is 9.98. The zero-order valence-electron chi connectivity index (χ0n) is 17.2. The fraction of sp³-hybridized carbons (Fsp3) is 0.435. The van der Waals surface area contributed by atoms with E-state index >= 15 is 0 Å². The number of quaternary nitrogens is 2. The third-order valence-corrected chi connectivity index (χ3v) is 5.93. The van der Waals surface area contributed by atoms with Crippen LogP contribution in [-0.2, 0) is 9.53 Å². The number of nitrogens with two attached hydrogens (primary N) is 1. The molecule has 1 fully saturated rings. The predicted molar refractivity (Wildman–Crippen MR) is 115 cm³/mol. The number of hydrogen-bond acceptors (Lipinski definition) is 2. The van der Waals surface area contributed by atoms with Crippen molar-refractivity contribution < 1.29 is 19.7 Å². The summed E-state index contributed by atoms with van der Waals surface area (Å²) in [5.41, 5.74) is 2.42. The highest BCUT2D eigenvalue weighted by Gasteiger charge is 2.32. The minimum absolute atomic E-state index is 0.0391. The highest BCUT2D eigenvalue weighted by atomic mass is 35.5. The summed E-state index contributed by atoms with van der Waals surface area (Å²) in [7, 11) is 0. The Morgan fingerprint density at radius 2 is 1.72 bits per heavy atom. The van der Waals surface area contributed by atoms with Gasteiger partial charge >= 0.3 is 0 Å². The van der Waals surface area contributed by atoms with Gasteiger partial charge in [0.25, 0.3) is 5.91 Å². The molecule has 5 nitrogen and oxygen atoms in total. The molecule has 0 bridgehead atoms. The van der Waals surface area contributed by atoms with Gasteiger partial charge in [-0.05, 0) is 26.0 Å². The van der Waals surface area contributed by atoms with Crippen LogP contribution in [0.4, 0.5) is 0 Å². The zero-order valence-corrected chi connectivity index (χ0v) is 18.0. The van der Waals surface area contributed by atoms with E-state index in [0.29, 0.717) is 6.54 Å². The molecule has 0 saturated carbocycles. The van der Waals surface area contributed by atoms with Crippen molar-refractivity contribution >= 4 is 17.5 Å². The first-order valence-electron chi connectivity index (χ1n) is 10.4. The summed E-state index contributed by atoms with van der Waals surface area (Å²) in [5.74, 6) is 0.0619. The fourth-order valence-electron chi connectivity index (χ4n) is 4.07. The molecule has 0 spiro atoms. The lowest BCUT2D eigenvalue weighted by molar-refractivity contribution is -0.940. The number of carbonyl (C=O) groups is 1. The van der Waals surface area contributed by atoms with Crippen LogP contribution in [0.2, 0.25) is 5.02 Å². The third kappa shape index (κ3) is 6.28. The number of halogens is 1. The van der Waals surface area contributed by atoms with Gasteiger partial charge in [-0.3, -0.25) is 4.79 Å². The Bertz CT molecular complexity index is 763. The molecule has 1 amide bonds. The van der Waals surface area contributed by atoms with E-state index in [4.69, 9.17) is 16.3 Å². The van der Waals surface area contributed by atoms with Crippen LogP contribution in [0.15, 0.2) is 54.6 Å². The number of ether oxygens (including phenoxy) is 1. The normalized spacial score (nSPS) is 18.0. The van der Waals surface area contributed by atoms with Crippen LogP contribution in [0.25, 0.3) is 0 Å². The maximum absolute atomic E-state index is 12.7. The number of carbonyl (C=O) groups excluding carboxylic acids is 1. The van der Waals surface area contributed by atoms with E-state index in [-0.39, 0.29) is 24.0 Å². The van der Waals surface area contributed by atoms with E-state index in [1.54, 1.807) is 0 Å². The van der Waals surface area contributed by atoms with E-state index in [1.807, 2.05) is 30.3 Å². The topological polar surface area (TPSA) is 59.4 Å². The summed E-state index contributed by atoms with van der Waals surface area (Å²) in [6.45, 7) is 8.07. The minimum atomic E-state index is 0.0391. The van der Waals surface area contributed by atoms with E-state index in [1.165, 1.54) is 10.5 Å². The Kier molecular flexibility index (Phi) is 8.07. The second-order valence-electron chi connectivity index (χ2n) is 7.80. The molecular formula is C23H32ClN3O2+2. The molecule has 0 aliphatic carbocycles. The molecule has 0 radical (unpaired) electrons. The third-order valence-electron chi connectivity index (χ3n) is 5.67. The minimum Gasteiger partial charge on any atom is -0.370 e. The smallest absolute Gasteiger partial charge is 0.275 e. The van der Waals surface area contributed by atoms with Crippen molar-refractivity contribution in [2.45, 2.75) is 32.0 Å². The molecule has 0 unspecified atom stereocenters. The van der Waals surface area contributed by atoms with Gasteiger partial charge in [0.2, 0.25) is 0 Å². The maximum atomic E-state index is 12.7. The van der Waals surface area contributed by atoms with Crippen LogP contribution in [-0.4, -0.2) is 44.8 Å². The number of nitrogens with one attached hydrogen (secondary N) is 2. The molecule has 0 aromatic heterocycles. The Morgan fingerprint density at radius 3 is 2.38 bits per heavy atom. The van der Waals surface area contributed by atoms with Crippen molar-refractivity contribution in [3.05, 3.63) is 70.7 Å². The summed E-state index contributed by atoms with van der Waals surface area (Å²) in [5, 5.41) is 6.03. The van der Waals surface area contributed by atoms with Crippen LogP contribution < -0.4 is 15.5 Å². The van der Waals surface area contributed by atoms with Crippen LogP contribution in [0.3, 0.4) is 0 Å². The highest BCUT2D eigenvalue weighted by Crippen LogP contribution is 2.15. The Hall–Kier alpha value is -1.92. The van der Waals surface area contributed by atoms with Gasteiger partial charge in [0, 0.05) is 16.1 Å². The number of rotatable bonds is 8. The van der Waals surface area contributed by atoms with Gasteiger partial charge in [-0.15, -0.1) is 0 Å². The Morgan fingerprint density at radius 1 is 1.07 bits per heavy atom. The van der Waals surface area contributed by atoms with Crippen molar-refractivity contribution in [2.75, 3.05) is 32.8 Å². The van der Waals surface area contributed by atoms with Gasteiger partial charge in [-0.2, -0.15) is 0 Å². The van der Waals surface area contributed by atoms with Crippen LogP contribution in [0.5, 0.6) is 0 Å². The molecule has 3 atom stereocenters. The number of amides is 1. The van der Waals surface area contributed by atoms with Gasteiger partial charge < -0.3 is 20.3 Å². The predicted octanol–water partition coefficient (Wildman–Crippen LogP) is 1.13. The molecule has 1 saturated heterocycles. The zero-order chi connectivity index (χ0) is 20.6. The van der Waals surface area contributed by atoms with Gasteiger partial charge in [-0.25, -0.2) is 0 Å². The molecule has 6 heteroatoms. The summed E-state index contributed by atoms with van der Waals surface area (Å²) in [4.78, 5) is 14.1. The van der Waals surface area contributed by atoms with E-state index in [2.05, 4.69) is 48.7 Å². The number of morpholine rings is 1. The standard InChI is InChI=1S/C23H30ClN3O2/c1-17(19-8-10-21(24)11-9-19)25-16-22(28)26-18(2)23(20-6-4-3-5-7-20)27-12-14-29-15-13-27/h3-11,17-18,23,25H,12-16H2,1-2H3,(H,26,28)/p+2/t17-,18-,23+/m1/s1. The van der Waals surface area contributed by atoms with Gasteiger partial charge in [0.1, 0.15) is 25.2 Å². The molecule has 156 valence electrons. The van der Waals surface area contributed by atoms with Crippen molar-refractivity contribution in [3.63, 3.8) is 0 Å². The SMILES string of the molecule is C[C@@H]([NH2+]CC(=O)N[C@H](C)[C@@H](c1ccccc1)[NH+]1CCOCC1)c1ccc(Cl)cc1. The lowest BCUT2D eigenvalue weighted by Crippen LogP contribution is -3.15. The van der Waals surface area contributed by atoms with Gasteiger partial charge in [0.15, 0.2) is 6.54 Å². The quantitative estimate of drug-likeness (QED) is 0.603. The summed E-state index contributed by atoms with van der Waals surface area (Å²) in [6, 6.07) is 18.7. The maximum Gasteiger partial charge on any atom is 0.275 e. The first-order valence-corrected chi connectivity index (χ1v) is 10.8. The molecule has 2 aromatic carbocycles. The molecule has 1 aliphatic rings. The monoisotopic (exact) mass is 417 g/mol. The summed E-state index contributed by atoms with van der Waals surface area (Å²) >= 11 is 5.96. The first-order chi connectivity index (χ1) is 14.0. The van der Waals surface area contributed by atoms with Crippen LogP contribution in [0.1, 0.15) is 37.1 Å². The largest absolute Gasteiger partial charge is 0.370 e. The summed E-state index contributed by atoms with van der Waals surface area (Å²) < 4.78 is 5.54. The van der Waals surface area contributed by atoms with Crippen molar-refractivity contribution in [2.24, 2.45) is 0 Å². The molecule has 1 heterocycles. The van der Waals surface area contributed by atoms with E-state index < -0.39 is 0 Å². The fourth-order valence-corrected chi connectivity index (χ4v) is 4.19. The molecule has 1 aliphatic heterocycles. The Balaban J connectivity index is 1.58. The number of benzene rings is 2. The van der Waals surface area contributed by atoms with Crippen molar-refractivity contribution in [1.29, 1.82) is 0 Å². The van der Waals surface area contributed by atoms with Gasteiger partial charge in [-0.1, -0.05) is 54.1 Å². The molecule has 29 heavy (non-hydrogen) atoms. The first kappa shape index (κ1) is 21.8. The average Bonchev–Trinajstić information content (AvgIpc) is 2.74. The van der Waals surface area contributed by atoms with Crippen molar-refractivity contribution in [3.8, 4) is 0 Å². The molecule has 2 aromatic rings.